The minimum atomic E-state index is -4.58. The number of nitrogens with zero attached hydrogens (tertiary/aromatic N) is 5. The first-order chi connectivity index (χ1) is 16.9. The maximum atomic E-state index is 14.3. The summed E-state index contributed by atoms with van der Waals surface area (Å²) in [5, 5.41) is 2.74. The molecule has 1 saturated heterocycles. The number of anilines is 1. The standard InChI is InChI=1S/C22H18F6N6O2/c1-12-16(10-32-17-4-3-13(8-31-17)22(26,27)28)34(11-21(24,25)36-12)20(35)18-15(7-14(23)9-33-18)19-29-5-2-6-30-19/h2-9,12,16H,10-11H2,1H3,(H,31,32)/t12-,16+/m0/s1. The molecule has 1 N–H and O–H groups in total. The summed E-state index contributed by atoms with van der Waals surface area (Å²) in [6.07, 6.45) is -5.37. The second-order valence-corrected chi connectivity index (χ2v) is 7.89. The van der Waals surface area contributed by atoms with Crippen LogP contribution in [0.2, 0.25) is 0 Å². The van der Waals surface area contributed by atoms with Gasteiger partial charge in [0.2, 0.25) is 0 Å². The van der Waals surface area contributed by atoms with E-state index in [1.54, 1.807) is 0 Å². The van der Waals surface area contributed by atoms with Crippen molar-refractivity contribution in [2.24, 2.45) is 0 Å². The summed E-state index contributed by atoms with van der Waals surface area (Å²) < 4.78 is 85.6. The van der Waals surface area contributed by atoms with Crippen LogP contribution in [0.15, 0.2) is 49.1 Å². The van der Waals surface area contributed by atoms with Gasteiger partial charge in [0.15, 0.2) is 5.82 Å². The van der Waals surface area contributed by atoms with E-state index in [4.69, 9.17) is 4.74 Å². The summed E-state index contributed by atoms with van der Waals surface area (Å²) in [5.74, 6) is -1.76. The monoisotopic (exact) mass is 512 g/mol. The zero-order valence-corrected chi connectivity index (χ0v) is 18.5. The van der Waals surface area contributed by atoms with Gasteiger partial charge in [0.25, 0.3) is 5.91 Å². The lowest BCUT2D eigenvalue weighted by Gasteiger charge is -2.43. The third-order valence-corrected chi connectivity index (χ3v) is 5.36. The molecule has 3 aromatic heterocycles. The van der Waals surface area contributed by atoms with Crippen molar-refractivity contribution in [3.8, 4) is 11.4 Å². The quantitative estimate of drug-likeness (QED) is 0.516. The summed E-state index contributed by atoms with van der Waals surface area (Å²) in [5.41, 5.74) is -1.42. The van der Waals surface area contributed by atoms with Crippen LogP contribution in [0.4, 0.5) is 32.2 Å². The summed E-state index contributed by atoms with van der Waals surface area (Å²) in [6.45, 7) is -0.0179. The highest BCUT2D eigenvalue weighted by Crippen LogP contribution is 2.32. The van der Waals surface area contributed by atoms with Crippen LogP contribution in [0.1, 0.15) is 23.0 Å². The van der Waals surface area contributed by atoms with E-state index >= 15 is 0 Å². The van der Waals surface area contributed by atoms with Gasteiger partial charge in [-0.25, -0.2) is 24.3 Å². The average Bonchev–Trinajstić information content (AvgIpc) is 2.82. The number of morpholine rings is 1. The van der Waals surface area contributed by atoms with E-state index in [0.29, 0.717) is 6.20 Å². The molecule has 1 aliphatic rings. The van der Waals surface area contributed by atoms with Crippen LogP contribution >= 0.6 is 0 Å². The van der Waals surface area contributed by atoms with E-state index in [2.05, 4.69) is 25.3 Å². The molecule has 3 aromatic rings. The van der Waals surface area contributed by atoms with E-state index in [9.17, 15) is 31.1 Å². The number of amides is 1. The fourth-order valence-electron chi connectivity index (χ4n) is 3.68. The molecule has 4 rings (SSSR count). The molecule has 14 heteroatoms. The van der Waals surface area contributed by atoms with Crippen molar-refractivity contribution in [1.29, 1.82) is 0 Å². The summed E-state index contributed by atoms with van der Waals surface area (Å²) in [4.78, 5) is 29.7. The first kappa shape index (κ1) is 25.3. The Kier molecular flexibility index (Phi) is 6.80. The molecule has 36 heavy (non-hydrogen) atoms. The fraction of sp³-hybridized carbons (Fsp3) is 0.318. The molecular formula is C22H18F6N6O2. The van der Waals surface area contributed by atoms with E-state index < -0.39 is 48.3 Å². The largest absolute Gasteiger partial charge is 0.417 e. The predicted molar refractivity (Wildman–Crippen MR) is 113 cm³/mol. The molecule has 0 saturated carbocycles. The summed E-state index contributed by atoms with van der Waals surface area (Å²) in [7, 11) is 0. The van der Waals surface area contributed by atoms with Gasteiger partial charge in [0.1, 0.15) is 23.9 Å². The Hall–Kier alpha value is -3.81. The number of ether oxygens (including phenoxy) is 1. The molecule has 4 heterocycles. The van der Waals surface area contributed by atoms with Gasteiger partial charge >= 0.3 is 12.3 Å². The number of carbonyl (C=O) groups excluding carboxylic acids is 1. The number of pyridine rings is 2. The molecule has 190 valence electrons. The number of rotatable bonds is 5. The Bertz CT molecular complexity index is 1230. The molecule has 1 amide bonds. The summed E-state index contributed by atoms with van der Waals surface area (Å²) in [6, 6.07) is 3.33. The number of alkyl halides is 5. The number of hydrogen-bond donors (Lipinski definition) is 1. The number of nitrogens with one attached hydrogen (secondary N) is 1. The molecule has 0 spiro atoms. The number of aromatic nitrogens is 4. The SMILES string of the molecule is C[C@@H]1OC(F)(F)CN(C(=O)c2ncc(F)cc2-c2ncccn2)[C@@H]1CNc1ccc(C(F)(F)F)cn1. The van der Waals surface area contributed by atoms with Crippen molar-refractivity contribution in [3.63, 3.8) is 0 Å². The molecule has 1 aliphatic heterocycles. The Morgan fingerprint density at radius 2 is 1.89 bits per heavy atom. The van der Waals surface area contributed by atoms with Gasteiger partial charge in [-0.3, -0.25) is 4.79 Å². The molecule has 0 unspecified atom stereocenters. The third-order valence-electron chi connectivity index (χ3n) is 5.36. The number of hydrogen-bond acceptors (Lipinski definition) is 7. The Morgan fingerprint density at radius 1 is 1.17 bits per heavy atom. The first-order valence-corrected chi connectivity index (χ1v) is 10.5. The zero-order valence-electron chi connectivity index (χ0n) is 18.5. The maximum absolute atomic E-state index is 14.3. The van der Waals surface area contributed by atoms with E-state index in [1.165, 1.54) is 25.4 Å². The normalized spacial score (nSPS) is 19.7. The topological polar surface area (TPSA) is 93.1 Å². The molecule has 0 bridgehead atoms. The molecule has 0 aromatic carbocycles. The van der Waals surface area contributed by atoms with Crippen molar-refractivity contribution < 1.29 is 35.9 Å². The van der Waals surface area contributed by atoms with E-state index in [0.717, 1.165) is 29.3 Å². The van der Waals surface area contributed by atoms with E-state index in [-0.39, 0.29) is 29.4 Å². The first-order valence-electron chi connectivity index (χ1n) is 10.5. The Labute approximate surface area is 200 Å². The minimum absolute atomic E-state index is 0.0261. The Morgan fingerprint density at radius 3 is 2.53 bits per heavy atom. The van der Waals surface area contributed by atoms with Crippen LogP contribution in [-0.2, 0) is 10.9 Å². The predicted octanol–water partition coefficient (Wildman–Crippen LogP) is 4.03. The smallest absolute Gasteiger partial charge is 0.368 e. The molecule has 1 fully saturated rings. The van der Waals surface area contributed by atoms with Crippen LogP contribution in [0.5, 0.6) is 0 Å². The van der Waals surface area contributed by atoms with Gasteiger partial charge in [-0.2, -0.15) is 22.0 Å². The molecule has 8 nitrogen and oxygen atoms in total. The highest BCUT2D eigenvalue weighted by molar-refractivity contribution is 5.98. The minimum Gasteiger partial charge on any atom is -0.368 e. The van der Waals surface area contributed by atoms with Gasteiger partial charge in [0.05, 0.1) is 29.5 Å². The second kappa shape index (κ2) is 9.68. The fourth-order valence-corrected chi connectivity index (χ4v) is 3.68. The lowest BCUT2D eigenvalue weighted by atomic mass is 10.1. The van der Waals surface area contributed by atoms with Crippen LogP contribution < -0.4 is 5.32 Å². The van der Waals surface area contributed by atoms with Crippen molar-refractivity contribution in [2.75, 3.05) is 18.4 Å². The van der Waals surface area contributed by atoms with Crippen LogP contribution in [0.3, 0.4) is 0 Å². The van der Waals surface area contributed by atoms with Gasteiger partial charge in [-0.1, -0.05) is 0 Å². The van der Waals surface area contributed by atoms with Crippen molar-refractivity contribution in [3.05, 3.63) is 66.1 Å². The second-order valence-electron chi connectivity index (χ2n) is 7.89. The molecule has 0 aliphatic carbocycles. The van der Waals surface area contributed by atoms with Crippen LogP contribution in [0.25, 0.3) is 11.4 Å². The molecular weight excluding hydrogens is 494 g/mol. The van der Waals surface area contributed by atoms with Crippen LogP contribution in [0, 0.1) is 5.82 Å². The molecule has 0 radical (unpaired) electrons. The van der Waals surface area contributed by atoms with Gasteiger partial charge < -0.3 is 15.0 Å². The number of halogens is 6. The molecule has 2 atom stereocenters. The van der Waals surface area contributed by atoms with Crippen molar-refractivity contribution >= 4 is 11.7 Å². The lowest BCUT2D eigenvalue weighted by molar-refractivity contribution is -0.298. The van der Waals surface area contributed by atoms with Crippen LogP contribution in [-0.4, -0.2) is 62.1 Å². The van der Waals surface area contributed by atoms with Crippen molar-refractivity contribution in [1.82, 2.24) is 24.8 Å². The van der Waals surface area contributed by atoms with E-state index in [1.807, 2.05) is 0 Å². The summed E-state index contributed by atoms with van der Waals surface area (Å²) >= 11 is 0. The van der Waals surface area contributed by atoms with Gasteiger partial charge in [-0.05, 0) is 31.2 Å². The Balaban J connectivity index is 1.62. The zero-order chi connectivity index (χ0) is 26.1. The third kappa shape index (κ3) is 5.53. The number of carbonyl (C=O) groups is 1. The highest BCUT2D eigenvalue weighted by atomic mass is 19.4. The van der Waals surface area contributed by atoms with Gasteiger partial charge in [-0.15, -0.1) is 0 Å². The lowest BCUT2D eigenvalue weighted by Crippen LogP contribution is -2.61. The average molecular weight is 512 g/mol. The van der Waals surface area contributed by atoms with Gasteiger partial charge in [0, 0.05) is 25.1 Å². The van der Waals surface area contributed by atoms with Crippen molar-refractivity contribution in [2.45, 2.75) is 31.4 Å². The maximum Gasteiger partial charge on any atom is 0.417 e. The highest BCUT2D eigenvalue weighted by Gasteiger charge is 2.48.